The molecule has 33 heavy (non-hydrogen) atoms. The van der Waals surface area contributed by atoms with Gasteiger partial charge >= 0.3 is 0 Å². The van der Waals surface area contributed by atoms with E-state index < -0.39 is 0 Å². The fourth-order valence-corrected chi connectivity index (χ4v) is 5.14. The monoisotopic (exact) mass is 501 g/mol. The van der Waals surface area contributed by atoms with Gasteiger partial charge in [0, 0.05) is 23.1 Å². The predicted octanol–water partition coefficient (Wildman–Crippen LogP) is 6.14. The maximum atomic E-state index is 13.5. The van der Waals surface area contributed by atoms with Crippen molar-refractivity contribution in [3.63, 3.8) is 0 Å². The summed E-state index contributed by atoms with van der Waals surface area (Å²) in [5.74, 6) is 0.696. The zero-order valence-corrected chi connectivity index (χ0v) is 20.5. The van der Waals surface area contributed by atoms with Gasteiger partial charge in [-0.3, -0.25) is 14.6 Å². The molecule has 1 amide bonds. The van der Waals surface area contributed by atoms with Crippen LogP contribution >= 0.6 is 15.9 Å². The fraction of sp³-hybridized carbons (Fsp3) is 0.286. The molecule has 4 nitrogen and oxygen atoms in total. The molecule has 2 heterocycles. The number of likely N-dealkylation sites (tertiary alicyclic amines) is 1. The summed E-state index contributed by atoms with van der Waals surface area (Å²) in [5, 5.41) is 0. The van der Waals surface area contributed by atoms with Gasteiger partial charge in [0.25, 0.3) is 5.91 Å². The zero-order valence-electron chi connectivity index (χ0n) is 18.9. The second-order valence-corrected chi connectivity index (χ2v) is 9.89. The molecule has 0 radical (unpaired) electrons. The van der Waals surface area contributed by atoms with E-state index >= 15 is 0 Å². The SMILES string of the molecule is Cc1ccc(N=C2C(=O)N(CN3CCC(Cc4ccccc4)CC3)c3ccccc32)cc1Br. The molecule has 0 unspecified atom stereocenters. The summed E-state index contributed by atoms with van der Waals surface area (Å²) in [6.45, 7) is 4.69. The van der Waals surface area contributed by atoms with Crippen molar-refractivity contribution < 1.29 is 4.79 Å². The summed E-state index contributed by atoms with van der Waals surface area (Å²) >= 11 is 3.57. The van der Waals surface area contributed by atoms with E-state index in [1.807, 2.05) is 54.3 Å². The molecule has 168 valence electrons. The Labute approximate surface area is 204 Å². The highest BCUT2D eigenvalue weighted by atomic mass is 79.9. The van der Waals surface area contributed by atoms with Crippen molar-refractivity contribution in [2.45, 2.75) is 26.2 Å². The van der Waals surface area contributed by atoms with Crippen LogP contribution < -0.4 is 4.90 Å². The minimum absolute atomic E-state index is 0.0145. The molecule has 0 aliphatic carbocycles. The maximum absolute atomic E-state index is 13.5. The highest BCUT2D eigenvalue weighted by Gasteiger charge is 2.35. The molecule has 2 aliphatic rings. The molecular weight excluding hydrogens is 474 g/mol. The summed E-state index contributed by atoms with van der Waals surface area (Å²) in [4.78, 5) is 22.5. The first-order valence-corrected chi connectivity index (χ1v) is 12.4. The normalized spacial score (nSPS) is 18.2. The third-order valence-electron chi connectivity index (χ3n) is 6.71. The van der Waals surface area contributed by atoms with E-state index in [1.54, 1.807) is 0 Å². The highest BCUT2D eigenvalue weighted by Crippen LogP contribution is 2.32. The number of fused-ring (bicyclic) bond motifs is 1. The smallest absolute Gasteiger partial charge is 0.278 e. The number of anilines is 1. The molecule has 0 saturated carbocycles. The second-order valence-electron chi connectivity index (χ2n) is 9.04. The molecule has 5 rings (SSSR count). The number of para-hydroxylation sites is 1. The molecule has 3 aromatic carbocycles. The number of aryl methyl sites for hydroxylation is 1. The molecule has 2 aliphatic heterocycles. The van der Waals surface area contributed by atoms with Gasteiger partial charge < -0.3 is 0 Å². The number of benzene rings is 3. The van der Waals surface area contributed by atoms with E-state index in [0.717, 1.165) is 59.3 Å². The van der Waals surface area contributed by atoms with Gasteiger partial charge in [-0.2, -0.15) is 0 Å². The van der Waals surface area contributed by atoms with Crippen LogP contribution in [0.2, 0.25) is 0 Å². The molecule has 0 atom stereocenters. The Morgan fingerprint density at radius 3 is 2.45 bits per heavy atom. The van der Waals surface area contributed by atoms with Crippen LogP contribution in [0.5, 0.6) is 0 Å². The van der Waals surface area contributed by atoms with E-state index in [4.69, 9.17) is 4.99 Å². The number of hydrogen-bond acceptors (Lipinski definition) is 3. The Kier molecular flexibility index (Phi) is 6.43. The van der Waals surface area contributed by atoms with E-state index in [2.05, 4.69) is 51.2 Å². The first-order valence-electron chi connectivity index (χ1n) is 11.6. The average Bonchev–Trinajstić information content (AvgIpc) is 3.09. The molecule has 1 fully saturated rings. The third-order valence-corrected chi connectivity index (χ3v) is 7.56. The van der Waals surface area contributed by atoms with Crippen LogP contribution in [-0.4, -0.2) is 36.3 Å². The molecule has 0 spiro atoms. The first-order chi connectivity index (χ1) is 16.1. The average molecular weight is 502 g/mol. The van der Waals surface area contributed by atoms with Gasteiger partial charge in [-0.15, -0.1) is 0 Å². The number of aliphatic imine (C=N–C) groups is 1. The van der Waals surface area contributed by atoms with E-state index in [1.165, 1.54) is 5.56 Å². The Hall–Kier alpha value is -2.76. The minimum atomic E-state index is -0.0145. The van der Waals surface area contributed by atoms with Crippen LogP contribution in [0.15, 0.2) is 82.3 Å². The third kappa shape index (κ3) is 4.80. The lowest BCUT2D eigenvalue weighted by Crippen LogP contribution is -2.44. The molecule has 0 N–H and O–H groups in total. The fourth-order valence-electron chi connectivity index (χ4n) is 4.77. The lowest BCUT2D eigenvalue weighted by molar-refractivity contribution is -0.112. The largest absolute Gasteiger partial charge is 0.293 e. The predicted molar refractivity (Wildman–Crippen MR) is 138 cm³/mol. The van der Waals surface area contributed by atoms with Crippen LogP contribution in [-0.2, 0) is 11.2 Å². The van der Waals surface area contributed by atoms with Crippen molar-refractivity contribution in [1.82, 2.24) is 4.90 Å². The molecule has 0 bridgehead atoms. The van der Waals surface area contributed by atoms with Crippen molar-refractivity contribution in [2.24, 2.45) is 10.9 Å². The lowest BCUT2D eigenvalue weighted by Gasteiger charge is -2.34. The van der Waals surface area contributed by atoms with Crippen molar-refractivity contribution in [2.75, 3.05) is 24.7 Å². The number of amides is 1. The lowest BCUT2D eigenvalue weighted by atomic mass is 9.90. The summed E-state index contributed by atoms with van der Waals surface area (Å²) in [5.41, 5.74) is 5.75. The van der Waals surface area contributed by atoms with E-state index in [0.29, 0.717) is 18.3 Å². The van der Waals surface area contributed by atoms with Crippen LogP contribution in [0.1, 0.15) is 29.5 Å². The van der Waals surface area contributed by atoms with Crippen LogP contribution in [0.3, 0.4) is 0 Å². The Bertz CT molecular complexity index is 1180. The van der Waals surface area contributed by atoms with Crippen molar-refractivity contribution >= 4 is 38.9 Å². The molecule has 1 saturated heterocycles. The number of carbonyl (C=O) groups excluding carboxylic acids is 1. The van der Waals surface area contributed by atoms with Crippen molar-refractivity contribution in [1.29, 1.82) is 0 Å². The van der Waals surface area contributed by atoms with Gasteiger partial charge in [0.15, 0.2) is 0 Å². The number of halogens is 1. The van der Waals surface area contributed by atoms with Crippen LogP contribution in [0, 0.1) is 12.8 Å². The number of hydrogen-bond donors (Lipinski definition) is 0. The zero-order chi connectivity index (χ0) is 22.8. The standard InChI is InChI=1S/C28H28BrN3O/c1-20-11-12-23(18-25(20)29)30-27-24-9-5-6-10-26(24)32(28(27)33)19-31-15-13-22(14-16-31)17-21-7-3-2-4-8-21/h2-12,18,22H,13-17,19H2,1H3. The van der Waals surface area contributed by atoms with Gasteiger partial charge in [0.05, 0.1) is 18.0 Å². The highest BCUT2D eigenvalue weighted by molar-refractivity contribution is 9.10. The van der Waals surface area contributed by atoms with E-state index in [-0.39, 0.29) is 5.91 Å². The Morgan fingerprint density at radius 2 is 1.70 bits per heavy atom. The Balaban J connectivity index is 1.30. The number of rotatable bonds is 5. The van der Waals surface area contributed by atoms with Gasteiger partial charge in [-0.05, 0) is 61.4 Å². The molecule has 0 aromatic heterocycles. The van der Waals surface area contributed by atoms with Gasteiger partial charge in [-0.1, -0.05) is 70.5 Å². The topological polar surface area (TPSA) is 35.9 Å². The summed E-state index contributed by atoms with van der Waals surface area (Å²) in [6, 6.07) is 24.7. The van der Waals surface area contributed by atoms with Gasteiger partial charge in [0.1, 0.15) is 5.71 Å². The quantitative estimate of drug-likeness (QED) is 0.421. The summed E-state index contributed by atoms with van der Waals surface area (Å²) in [7, 11) is 0. The van der Waals surface area contributed by atoms with Gasteiger partial charge in [0.2, 0.25) is 0 Å². The number of carbonyl (C=O) groups is 1. The molecular formula is C28H28BrN3O. The summed E-state index contributed by atoms with van der Waals surface area (Å²) < 4.78 is 0.998. The number of nitrogens with zero attached hydrogens (tertiary/aromatic N) is 3. The molecule has 3 aromatic rings. The van der Waals surface area contributed by atoms with Gasteiger partial charge in [-0.25, -0.2) is 4.99 Å². The second kappa shape index (κ2) is 9.62. The maximum Gasteiger partial charge on any atom is 0.278 e. The molecule has 5 heteroatoms. The Morgan fingerprint density at radius 1 is 0.970 bits per heavy atom. The summed E-state index contributed by atoms with van der Waals surface area (Å²) in [6.07, 6.45) is 3.47. The van der Waals surface area contributed by atoms with Crippen molar-refractivity contribution in [3.05, 3.63) is 94.0 Å². The van der Waals surface area contributed by atoms with Crippen LogP contribution in [0.25, 0.3) is 0 Å². The minimum Gasteiger partial charge on any atom is -0.293 e. The first kappa shape index (κ1) is 22.1. The van der Waals surface area contributed by atoms with Crippen molar-refractivity contribution in [3.8, 4) is 0 Å². The number of piperidine rings is 1. The van der Waals surface area contributed by atoms with Crippen LogP contribution in [0.4, 0.5) is 11.4 Å². The van der Waals surface area contributed by atoms with E-state index in [9.17, 15) is 4.79 Å².